The van der Waals surface area contributed by atoms with Crippen LogP contribution in [0.3, 0.4) is 0 Å². The van der Waals surface area contributed by atoms with Gasteiger partial charge < -0.3 is 5.32 Å². The van der Waals surface area contributed by atoms with Crippen LogP contribution < -0.4 is 5.32 Å². The molecule has 19 heavy (non-hydrogen) atoms. The molecule has 3 rings (SSSR count). The zero-order valence-corrected chi connectivity index (χ0v) is 12.7. The molecule has 3 atom stereocenters. The molecule has 0 aromatic heterocycles. The van der Waals surface area contributed by atoms with Crippen molar-refractivity contribution in [3.8, 4) is 0 Å². The number of nitrogens with one attached hydrogen (secondary N) is 1. The number of thioether (sulfide) groups is 1. The Kier molecular flexibility index (Phi) is 4.15. The molecule has 1 N–H and O–H groups in total. The first kappa shape index (κ1) is 13.5. The lowest BCUT2D eigenvalue weighted by Crippen LogP contribution is -2.46. The fourth-order valence-electron chi connectivity index (χ4n) is 3.38. The minimum Gasteiger partial charge on any atom is -0.313 e. The van der Waals surface area contributed by atoms with Gasteiger partial charge in [-0.1, -0.05) is 31.2 Å². The SMILES string of the molecule is CC1SCCN(C2CCNCc3ccccc32)C1C. The Hall–Kier alpha value is -0.510. The molecule has 1 aromatic rings. The molecule has 0 radical (unpaired) electrons. The molecular formula is C16H24N2S. The minimum atomic E-state index is 0.601. The maximum absolute atomic E-state index is 3.57. The molecule has 0 aliphatic carbocycles. The van der Waals surface area contributed by atoms with Crippen LogP contribution in [0.1, 0.15) is 37.4 Å². The Morgan fingerprint density at radius 2 is 2.11 bits per heavy atom. The third-order valence-electron chi connectivity index (χ3n) is 4.66. The predicted octanol–water partition coefficient (Wildman–Crippen LogP) is 3.05. The van der Waals surface area contributed by atoms with Crippen molar-refractivity contribution in [2.45, 2.75) is 44.1 Å². The highest BCUT2D eigenvalue weighted by Gasteiger charge is 2.32. The maximum atomic E-state index is 3.57. The molecule has 0 bridgehead atoms. The number of benzene rings is 1. The summed E-state index contributed by atoms with van der Waals surface area (Å²) in [5.74, 6) is 1.28. The van der Waals surface area contributed by atoms with Crippen LogP contribution >= 0.6 is 11.8 Å². The Morgan fingerprint density at radius 1 is 1.26 bits per heavy atom. The van der Waals surface area contributed by atoms with Crippen LogP contribution in [0.25, 0.3) is 0 Å². The normalized spacial score (nSPS) is 32.6. The highest BCUT2D eigenvalue weighted by Crippen LogP contribution is 2.35. The van der Waals surface area contributed by atoms with Crippen molar-refractivity contribution >= 4 is 11.8 Å². The van der Waals surface area contributed by atoms with E-state index in [-0.39, 0.29) is 0 Å². The second-order valence-electron chi connectivity index (χ2n) is 5.73. The number of hydrogen-bond donors (Lipinski definition) is 1. The van der Waals surface area contributed by atoms with Crippen molar-refractivity contribution in [3.05, 3.63) is 35.4 Å². The molecule has 2 aliphatic heterocycles. The lowest BCUT2D eigenvalue weighted by molar-refractivity contribution is 0.140. The molecule has 3 heteroatoms. The fourth-order valence-corrected chi connectivity index (χ4v) is 4.50. The highest BCUT2D eigenvalue weighted by molar-refractivity contribution is 8.00. The quantitative estimate of drug-likeness (QED) is 0.849. The van der Waals surface area contributed by atoms with Crippen LogP contribution in [0.15, 0.2) is 24.3 Å². The summed E-state index contributed by atoms with van der Waals surface area (Å²) in [5, 5.41) is 4.31. The Balaban J connectivity index is 1.91. The lowest BCUT2D eigenvalue weighted by atomic mass is 9.96. The Bertz CT molecular complexity index is 435. The molecule has 3 unspecified atom stereocenters. The monoisotopic (exact) mass is 276 g/mol. The van der Waals surface area contributed by atoms with Gasteiger partial charge in [-0.3, -0.25) is 4.90 Å². The van der Waals surface area contributed by atoms with Gasteiger partial charge in [0.05, 0.1) is 0 Å². The van der Waals surface area contributed by atoms with Crippen molar-refractivity contribution in [2.75, 3.05) is 18.8 Å². The van der Waals surface area contributed by atoms with Gasteiger partial charge in [-0.2, -0.15) is 11.8 Å². The zero-order chi connectivity index (χ0) is 13.2. The summed E-state index contributed by atoms with van der Waals surface area (Å²) in [7, 11) is 0. The standard InChI is InChI=1S/C16H24N2S/c1-12-13(2)19-10-9-18(12)16-7-8-17-11-14-5-3-4-6-15(14)16/h3-6,12-13,16-17H,7-11H2,1-2H3. The van der Waals surface area contributed by atoms with Crippen molar-refractivity contribution in [2.24, 2.45) is 0 Å². The van der Waals surface area contributed by atoms with Crippen LogP contribution in [0.2, 0.25) is 0 Å². The number of fused-ring (bicyclic) bond motifs is 1. The summed E-state index contributed by atoms with van der Waals surface area (Å²) in [6, 6.07) is 10.3. The third-order valence-corrected chi connectivity index (χ3v) is 6.00. The van der Waals surface area contributed by atoms with Gasteiger partial charge in [0.2, 0.25) is 0 Å². The highest BCUT2D eigenvalue weighted by atomic mass is 32.2. The summed E-state index contributed by atoms with van der Waals surface area (Å²) >= 11 is 2.12. The summed E-state index contributed by atoms with van der Waals surface area (Å²) in [5.41, 5.74) is 3.04. The van der Waals surface area contributed by atoms with Gasteiger partial charge >= 0.3 is 0 Å². The van der Waals surface area contributed by atoms with Crippen molar-refractivity contribution in [1.82, 2.24) is 10.2 Å². The Morgan fingerprint density at radius 3 is 3.00 bits per heavy atom. The molecule has 0 saturated carbocycles. The fraction of sp³-hybridized carbons (Fsp3) is 0.625. The minimum absolute atomic E-state index is 0.601. The van der Waals surface area contributed by atoms with Gasteiger partial charge in [-0.25, -0.2) is 0 Å². The maximum Gasteiger partial charge on any atom is 0.0367 e. The Labute approximate surface area is 121 Å². The van der Waals surface area contributed by atoms with E-state index in [1.54, 1.807) is 5.56 Å². The number of nitrogens with zero attached hydrogens (tertiary/aromatic N) is 1. The van der Waals surface area contributed by atoms with Gasteiger partial charge in [0.1, 0.15) is 0 Å². The zero-order valence-electron chi connectivity index (χ0n) is 11.9. The number of hydrogen-bond acceptors (Lipinski definition) is 3. The van der Waals surface area contributed by atoms with Crippen LogP contribution in [0.5, 0.6) is 0 Å². The van der Waals surface area contributed by atoms with Gasteiger partial charge in [0, 0.05) is 36.2 Å². The first-order valence-electron chi connectivity index (χ1n) is 7.43. The van der Waals surface area contributed by atoms with Gasteiger partial charge in [-0.05, 0) is 31.0 Å². The molecule has 1 aromatic carbocycles. The summed E-state index contributed by atoms with van der Waals surface area (Å²) in [4.78, 5) is 2.74. The second-order valence-corrected chi connectivity index (χ2v) is 7.22. The lowest BCUT2D eigenvalue weighted by Gasteiger charge is -2.43. The van der Waals surface area contributed by atoms with Gasteiger partial charge in [0.15, 0.2) is 0 Å². The molecule has 0 spiro atoms. The average Bonchev–Trinajstić information content (AvgIpc) is 2.64. The van der Waals surface area contributed by atoms with E-state index in [9.17, 15) is 0 Å². The average molecular weight is 276 g/mol. The van der Waals surface area contributed by atoms with Gasteiger partial charge in [-0.15, -0.1) is 0 Å². The van der Waals surface area contributed by atoms with E-state index in [4.69, 9.17) is 0 Å². The van der Waals surface area contributed by atoms with Crippen molar-refractivity contribution in [1.29, 1.82) is 0 Å². The van der Waals surface area contributed by atoms with Crippen molar-refractivity contribution in [3.63, 3.8) is 0 Å². The first-order chi connectivity index (χ1) is 9.27. The van der Waals surface area contributed by atoms with Crippen LogP contribution in [0, 0.1) is 0 Å². The van der Waals surface area contributed by atoms with E-state index >= 15 is 0 Å². The summed E-state index contributed by atoms with van der Waals surface area (Å²) < 4.78 is 0. The molecule has 1 fully saturated rings. The largest absolute Gasteiger partial charge is 0.313 e. The molecule has 104 valence electrons. The van der Waals surface area contributed by atoms with E-state index in [1.165, 1.54) is 24.3 Å². The molecule has 2 aliphatic rings. The molecule has 2 heterocycles. The van der Waals surface area contributed by atoms with Gasteiger partial charge in [0.25, 0.3) is 0 Å². The molecule has 1 saturated heterocycles. The molecule has 0 amide bonds. The van der Waals surface area contributed by atoms with E-state index in [1.807, 2.05) is 0 Å². The second kappa shape index (κ2) is 5.86. The summed E-state index contributed by atoms with van der Waals surface area (Å²) in [6.45, 7) is 8.17. The molecule has 2 nitrogen and oxygen atoms in total. The smallest absolute Gasteiger partial charge is 0.0367 e. The van der Waals surface area contributed by atoms with Crippen LogP contribution in [-0.4, -0.2) is 35.0 Å². The van der Waals surface area contributed by atoms with Crippen LogP contribution in [-0.2, 0) is 6.54 Å². The molecular weight excluding hydrogens is 252 g/mol. The van der Waals surface area contributed by atoms with E-state index < -0.39 is 0 Å². The first-order valence-corrected chi connectivity index (χ1v) is 8.48. The van der Waals surface area contributed by atoms with E-state index in [0.717, 1.165) is 18.3 Å². The van der Waals surface area contributed by atoms with Crippen molar-refractivity contribution < 1.29 is 0 Å². The predicted molar refractivity (Wildman–Crippen MR) is 83.6 cm³/mol. The third kappa shape index (κ3) is 2.69. The topological polar surface area (TPSA) is 15.3 Å². The number of rotatable bonds is 1. The van der Waals surface area contributed by atoms with E-state index in [0.29, 0.717) is 12.1 Å². The van der Waals surface area contributed by atoms with Crippen LogP contribution in [0.4, 0.5) is 0 Å². The summed E-state index contributed by atoms with van der Waals surface area (Å²) in [6.07, 6.45) is 1.23. The van der Waals surface area contributed by atoms with E-state index in [2.05, 4.69) is 60.1 Å².